The molecule has 0 bridgehead atoms. The highest BCUT2D eigenvalue weighted by atomic mass is 16.6. The van der Waals surface area contributed by atoms with Gasteiger partial charge in [-0.1, -0.05) is 12.1 Å². The maximum absolute atomic E-state index is 12.8. The molecule has 0 heterocycles. The Labute approximate surface area is 148 Å². The van der Waals surface area contributed by atoms with Gasteiger partial charge in [-0.25, -0.2) is 4.79 Å². The lowest BCUT2D eigenvalue weighted by Crippen LogP contribution is -2.50. The number of hydrogen-bond acceptors (Lipinski definition) is 5. The largest absolute Gasteiger partial charge is 0.508 e. The summed E-state index contributed by atoms with van der Waals surface area (Å²) in [5.41, 5.74) is 11.1. The molecular formula is C18H29N3O4. The molecule has 7 heteroatoms. The molecule has 2 atom stereocenters. The smallest absolute Gasteiger partial charge is 0.411 e. The third-order valence-corrected chi connectivity index (χ3v) is 3.74. The molecule has 0 fully saturated rings. The van der Waals surface area contributed by atoms with Gasteiger partial charge >= 0.3 is 6.09 Å². The minimum Gasteiger partial charge on any atom is -0.508 e. The van der Waals surface area contributed by atoms with Crippen molar-refractivity contribution in [3.63, 3.8) is 0 Å². The molecule has 25 heavy (non-hydrogen) atoms. The summed E-state index contributed by atoms with van der Waals surface area (Å²) in [5.74, 6) is -0.487. The summed E-state index contributed by atoms with van der Waals surface area (Å²) < 4.78 is 5.48. The van der Waals surface area contributed by atoms with E-state index in [-0.39, 0.29) is 5.75 Å². The number of nitrogens with two attached hydrogens (primary N) is 2. The van der Waals surface area contributed by atoms with Crippen LogP contribution in [0.3, 0.4) is 0 Å². The first-order valence-corrected chi connectivity index (χ1v) is 8.36. The Morgan fingerprint density at radius 3 is 2.24 bits per heavy atom. The summed E-state index contributed by atoms with van der Waals surface area (Å²) in [6.45, 7) is 7.45. The van der Waals surface area contributed by atoms with Crippen LogP contribution in [0.5, 0.6) is 5.75 Å². The molecule has 0 aliphatic carbocycles. The zero-order chi connectivity index (χ0) is 19.2. The highest BCUT2D eigenvalue weighted by Gasteiger charge is 2.35. The fraction of sp³-hybridized carbons (Fsp3) is 0.556. The average Bonchev–Trinajstić information content (AvgIpc) is 2.49. The molecule has 1 rings (SSSR count). The molecule has 0 aromatic heterocycles. The first kappa shape index (κ1) is 20.8. The van der Waals surface area contributed by atoms with E-state index in [1.165, 1.54) is 17.0 Å². The van der Waals surface area contributed by atoms with Gasteiger partial charge in [0.15, 0.2) is 0 Å². The van der Waals surface area contributed by atoms with Crippen molar-refractivity contribution in [3.05, 3.63) is 29.8 Å². The maximum atomic E-state index is 12.8. The van der Waals surface area contributed by atoms with Crippen molar-refractivity contribution in [2.45, 2.75) is 58.2 Å². The normalized spacial score (nSPS) is 13.8. The summed E-state index contributed by atoms with van der Waals surface area (Å²) in [6, 6.07) is 5.14. The van der Waals surface area contributed by atoms with E-state index in [9.17, 15) is 14.7 Å². The SMILES string of the molecule is C[C@H](c1ccc(O)cc1)N(C(=O)OC(C)(C)C)[C@H](CCCN)C(N)=O. The minimum absolute atomic E-state index is 0.120. The van der Waals surface area contributed by atoms with E-state index in [0.29, 0.717) is 19.4 Å². The highest BCUT2D eigenvalue weighted by Crippen LogP contribution is 2.28. The molecule has 0 unspecified atom stereocenters. The number of ether oxygens (including phenoxy) is 1. The van der Waals surface area contributed by atoms with Crippen molar-refractivity contribution in [2.75, 3.05) is 6.54 Å². The number of phenolic OH excluding ortho intramolecular Hbond substituents is 1. The molecule has 0 saturated carbocycles. The first-order valence-electron chi connectivity index (χ1n) is 8.36. The van der Waals surface area contributed by atoms with Gasteiger partial charge in [0.2, 0.25) is 5.91 Å². The standard InChI is InChI=1S/C18H29N3O4/c1-12(13-7-9-14(22)10-8-13)21(17(24)25-18(2,3)4)15(16(20)23)6-5-11-19/h7-10,12,15,22H,5-6,11,19H2,1-4H3,(H2,20,23)/t12-,15-/m1/s1. The van der Waals surface area contributed by atoms with E-state index in [1.807, 2.05) is 0 Å². The Morgan fingerprint density at radius 2 is 1.80 bits per heavy atom. The quantitative estimate of drug-likeness (QED) is 0.696. The van der Waals surface area contributed by atoms with Gasteiger partial charge in [0.25, 0.3) is 0 Å². The molecule has 0 spiro atoms. The number of carbonyl (C=O) groups is 2. The third kappa shape index (κ3) is 6.26. The fourth-order valence-electron chi connectivity index (χ4n) is 2.51. The predicted molar refractivity (Wildman–Crippen MR) is 95.9 cm³/mol. The van der Waals surface area contributed by atoms with Crippen LogP contribution in [0.25, 0.3) is 0 Å². The van der Waals surface area contributed by atoms with Crippen LogP contribution in [0.4, 0.5) is 4.79 Å². The maximum Gasteiger partial charge on any atom is 0.411 e. The fourth-order valence-corrected chi connectivity index (χ4v) is 2.51. The van der Waals surface area contributed by atoms with Crippen molar-refractivity contribution in [1.82, 2.24) is 4.90 Å². The molecule has 0 aliphatic heterocycles. The van der Waals surface area contributed by atoms with E-state index in [1.54, 1.807) is 39.8 Å². The van der Waals surface area contributed by atoms with Crippen LogP contribution in [0.15, 0.2) is 24.3 Å². The molecule has 1 aromatic rings. The first-order chi connectivity index (χ1) is 11.6. The highest BCUT2D eigenvalue weighted by molar-refractivity contribution is 5.84. The van der Waals surface area contributed by atoms with Gasteiger partial charge in [-0.05, 0) is 64.8 Å². The average molecular weight is 351 g/mol. The lowest BCUT2D eigenvalue weighted by Gasteiger charge is -2.36. The van der Waals surface area contributed by atoms with E-state index < -0.39 is 29.7 Å². The van der Waals surface area contributed by atoms with Crippen LogP contribution in [0.2, 0.25) is 0 Å². The van der Waals surface area contributed by atoms with Crippen LogP contribution in [-0.2, 0) is 9.53 Å². The van der Waals surface area contributed by atoms with E-state index in [4.69, 9.17) is 16.2 Å². The van der Waals surface area contributed by atoms with Gasteiger partial charge in [-0.3, -0.25) is 9.69 Å². The number of amides is 2. The van der Waals surface area contributed by atoms with Gasteiger partial charge in [-0.2, -0.15) is 0 Å². The van der Waals surface area contributed by atoms with Crippen LogP contribution in [-0.4, -0.2) is 40.2 Å². The lowest BCUT2D eigenvalue weighted by atomic mass is 10.0. The second-order valence-electron chi connectivity index (χ2n) is 7.00. The predicted octanol–water partition coefficient (Wildman–Crippen LogP) is 2.28. The van der Waals surface area contributed by atoms with Crippen molar-refractivity contribution >= 4 is 12.0 Å². The van der Waals surface area contributed by atoms with Gasteiger partial charge in [0.05, 0.1) is 6.04 Å². The second-order valence-corrected chi connectivity index (χ2v) is 7.00. The van der Waals surface area contributed by atoms with Crippen molar-refractivity contribution in [2.24, 2.45) is 11.5 Å². The summed E-state index contributed by atoms with van der Waals surface area (Å²) in [4.78, 5) is 26.1. The number of nitrogens with zero attached hydrogens (tertiary/aromatic N) is 1. The minimum atomic E-state index is -0.831. The van der Waals surface area contributed by atoms with Gasteiger partial charge < -0.3 is 21.3 Å². The molecule has 2 amide bonds. The van der Waals surface area contributed by atoms with Crippen molar-refractivity contribution in [3.8, 4) is 5.75 Å². The Morgan fingerprint density at radius 1 is 1.24 bits per heavy atom. The summed E-state index contributed by atoms with van der Waals surface area (Å²) in [5, 5.41) is 9.46. The van der Waals surface area contributed by atoms with Gasteiger partial charge in [-0.15, -0.1) is 0 Å². The zero-order valence-electron chi connectivity index (χ0n) is 15.4. The van der Waals surface area contributed by atoms with Crippen LogP contribution in [0.1, 0.15) is 52.1 Å². The van der Waals surface area contributed by atoms with E-state index >= 15 is 0 Å². The van der Waals surface area contributed by atoms with E-state index in [0.717, 1.165) is 5.56 Å². The monoisotopic (exact) mass is 351 g/mol. The summed E-state index contributed by atoms with van der Waals surface area (Å²) >= 11 is 0. The summed E-state index contributed by atoms with van der Waals surface area (Å²) in [6.07, 6.45) is 0.289. The second kappa shape index (κ2) is 8.71. The number of aromatic hydroxyl groups is 1. The van der Waals surface area contributed by atoms with E-state index in [2.05, 4.69) is 0 Å². The Hall–Kier alpha value is -2.28. The topological polar surface area (TPSA) is 119 Å². The Bertz CT molecular complexity index is 581. The summed E-state index contributed by atoms with van der Waals surface area (Å²) in [7, 11) is 0. The number of primary amides is 1. The molecular weight excluding hydrogens is 322 g/mol. The molecule has 0 saturated heterocycles. The van der Waals surface area contributed by atoms with Crippen LogP contribution >= 0.6 is 0 Å². The van der Waals surface area contributed by atoms with Crippen molar-refractivity contribution < 1.29 is 19.4 Å². The van der Waals surface area contributed by atoms with Gasteiger partial charge in [0, 0.05) is 0 Å². The molecule has 0 aliphatic rings. The Balaban J connectivity index is 3.21. The number of benzene rings is 1. The van der Waals surface area contributed by atoms with Crippen LogP contribution in [0, 0.1) is 0 Å². The molecule has 0 radical (unpaired) electrons. The number of hydrogen-bond donors (Lipinski definition) is 3. The lowest BCUT2D eigenvalue weighted by molar-refractivity contribution is -0.124. The third-order valence-electron chi connectivity index (χ3n) is 3.74. The zero-order valence-corrected chi connectivity index (χ0v) is 15.4. The number of phenols is 1. The molecule has 7 nitrogen and oxygen atoms in total. The number of rotatable bonds is 7. The molecule has 1 aromatic carbocycles. The molecule has 140 valence electrons. The van der Waals surface area contributed by atoms with Gasteiger partial charge in [0.1, 0.15) is 17.4 Å². The Kier molecular flexibility index (Phi) is 7.23. The van der Waals surface area contributed by atoms with Crippen LogP contribution < -0.4 is 11.5 Å². The van der Waals surface area contributed by atoms with Crippen molar-refractivity contribution in [1.29, 1.82) is 0 Å². The number of carbonyl (C=O) groups excluding carboxylic acids is 2. The molecule has 5 N–H and O–H groups in total.